The predicted octanol–water partition coefficient (Wildman–Crippen LogP) is 3.96. The van der Waals surface area contributed by atoms with Crippen LogP contribution in [0.15, 0.2) is 54.6 Å². The van der Waals surface area contributed by atoms with Crippen molar-refractivity contribution in [3.63, 3.8) is 0 Å². The second-order valence-corrected chi connectivity index (χ2v) is 5.80. The van der Waals surface area contributed by atoms with E-state index in [0.717, 1.165) is 16.9 Å². The molecular weight excluding hydrogens is 326 g/mol. The van der Waals surface area contributed by atoms with Gasteiger partial charge in [0.25, 0.3) is 5.91 Å². The number of para-hydroxylation sites is 1. The highest BCUT2D eigenvalue weighted by molar-refractivity contribution is 6.03. The third kappa shape index (κ3) is 4.02. The van der Waals surface area contributed by atoms with Gasteiger partial charge in [0, 0.05) is 17.1 Å². The first kappa shape index (κ1) is 17.1. The number of aromatic nitrogens is 2. The first-order valence-electron chi connectivity index (χ1n) is 8.05. The molecular formula is C20H17N5O. The maximum absolute atomic E-state index is 12.5. The zero-order chi connectivity index (χ0) is 18.5. The van der Waals surface area contributed by atoms with Crippen molar-refractivity contribution < 1.29 is 4.79 Å². The molecule has 0 aliphatic rings. The van der Waals surface area contributed by atoms with Crippen LogP contribution in [0.25, 0.3) is 0 Å². The Morgan fingerprint density at radius 2 is 1.77 bits per heavy atom. The van der Waals surface area contributed by atoms with Crippen molar-refractivity contribution >= 4 is 23.2 Å². The number of nitriles is 1. The number of benzene rings is 2. The normalized spacial score (nSPS) is 10.0. The quantitative estimate of drug-likeness (QED) is 0.748. The minimum atomic E-state index is -0.298. The van der Waals surface area contributed by atoms with Crippen LogP contribution < -0.4 is 10.6 Å². The van der Waals surface area contributed by atoms with Crippen LogP contribution in [0, 0.1) is 25.2 Å². The van der Waals surface area contributed by atoms with Gasteiger partial charge in [-0.2, -0.15) is 5.26 Å². The summed E-state index contributed by atoms with van der Waals surface area (Å²) < 4.78 is 0. The summed E-state index contributed by atoms with van der Waals surface area (Å²) in [5.74, 6) is 0.0253. The van der Waals surface area contributed by atoms with E-state index in [-0.39, 0.29) is 11.6 Å². The Kier molecular flexibility index (Phi) is 4.90. The fraction of sp³-hybridized carbons (Fsp3) is 0.100. The van der Waals surface area contributed by atoms with E-state index in [1.54, 1.807) is 37.3 Å². The molecule has 2 aromatic carbocycles. The van der Waals surface area contributed by atoms with Crippen LogP contribution in [0.5, 0.6) is 0 Å². The molecule has 1 aromatic heterocycles. The number of carbonyl (C=O) groups excluding carboxylic acids is 1. The van der Waals surface area contributed by atoms with Crippen molar-refractivity contribution in [2.24, 2.45) is 0 Å². The molecule has 0 aliphatic heterocycles. The molecule has 0 spiro atoms. The average Bonchev–Trinajstić information content (AvgIpc) is 2.64. The second-order valence-electron chi connectivity index (χ2n) is 5.80. The fourth-order valence-corrected chi connectivity index (χ4v) is 2.40. The third-order valence-corrected chi connectivity index (χ3v) is 3.75. The molecule has 0 fully saturated rings. The van der Waals surface area contributed by atoms with E-state index in [4.69, 9.17) is 5.26 Å². The van der Waals surface area contributed by atoms with E-state index in [2.05, 4.69) is 26.7 Å². The summed E-state index contributed by atoms with van der Waals surface area (Å²) in [7, 11) is 0. The molecule has 0 saturated heterocycles. The van der Waals surface area contributed by atoms with E-state index >= 15 is 0 Å². The maximum atomic E-state index is 12.5. The Balaban J connectivity index is 1.81. The second kappa shape index (κ2) is 7.45. The average molecular weight is 343 g/mol. The van der Waals surface area contributed by atoms with Gasteiger partial charge in [0.2, 0.25) is 5.95 Å². The van der Waals surface area contributed by atoms with Crippen LogP contribution in [0.4, 0.5) is 17.3 Å². The standard InChI is InChI=1S/C20H17N5O/c1-13-5-3-4-6-17(13)24-19(26)18-11-14(2)22-20(25-18)23-16-9-7-15(12-21)8-10-16/h3-11H,1-2H3,(H,24,26)(H,22,23,25). The Bertz CT molecular complexity index is 990. The number of carbonyl (C=O) groups is 1. The highest BCUT2D eigenvalue weighted by atomic mass is 16.1. The van der Waals surface area contributed by atoms with Gasteiger partial charge >= 0.3 is 0 Å². The topological polar surface area (TPSA) is 90.7 Å². The number of nitrogens with one attached hydrogen (secondary N) is 2. The molecule has 3 rings (SSSR count). The Morgan fingerprint density at radius 3 is 2.46 bits per heavy atom. The van der Waals surface area contributed by atoms with Gasteiger partial charge in [0.05, 0.1) is 11.6 Å². The smallest absolute Gasteiger partial charge is 0.274 e. The molecule has 6 nitrogen and oxygen atoms in total. The lowest BCUT2D eigenvalue weighted by molar-refractivity contribution is 0.102. The SMILES string of the molecule is Cc1cc(C(=O)Nc2ccccc2C)nc(Nc2ccc(C#N)cc2)n1. The molecule has 0 bridgehead atoms. The van der Waals surface area contributed by atoms with Crippen molar-refractivity contribution in [2.75, 3.05) is 10.6 Å². The molecule has 1 heterocycles. The molecule has 1 amide bonds. The molecule has 26 heavy (non-hydrogen) atoms. The molecule has 3 aromatic rings. The number of nitrogens with zero attached hydrogens (tertiary/aromatic N) is 3. The van der Waals surface area contributed by atoms with Crippen LogP contribution >= 0.6 is 0 Å². The van der Waals surface area contributed by atoms with Gasteiger partial charge in [0.15, 0.2) is 0 Å². The highest BCUT2D eigenvalue weighted by Gasteiger charge is 2.12. The van der Waals surface area contributed by atoms with Gasteiger partial charge in [-0.3, -0.25) is 4.79 Å². The molecule has 128 valence electrons. The van der Waals surface area contributed by atoms with Gasteiger partial charge in [0.1, 0.15) is 5.69 Å². The molecule has 0 atom stereocenters. The molecule has 0 saturated carbocycles. The van der Waals surface area contributed by atoms with Crippen LogP contribution in [0.3, 0.4) is 0 Å². The third-order valence-electron chi connectivity index (χ3n) is 3.75. The Labute approximate surface area is 151 Å². The van der Waals surface area contributed by atoms with Crippen LogP contribution in [0.2, 0.25) is 0 Å². The number of anilines is 3. The minimum Gasteiger partial charge on any atom is -0.324 e. The fourth-order valence-electron chi connectivity index (χ4n) is 2.40. The lowest BCUT2D eigenvalue weighted by Gasteiger charge is -2.10. The van der Waals surface area contributed by atoms with Crippen molar-refractivity contribution in [1.82, 2.24) is 9.97 Å². The van der Waals surface area contributed by atoms with E-state index in [0.29, 0.717) is 17.2 Å². The summed E-state index contributed by atoms with van der Waals surface area (Å²) in [4.78, 5) is 21.2. The number of rotatable bonds is 4. The minimum absolute atomic E-state index is 0.275. The number of hydrogen-bond acceptors (Lipinski definition) is 5. The summed E-state index contributed by atoms with van der Waals surface area (Å²) in [5.41, 5.74) is 3.97. The van der Waals surface area contributed by atoms with Crippen LogP contribution in [-0.2, 0) is 0 Å². The summed E-state index contributed by atoms with van der Waals surface area (Å²) in [6, 6.07) is 18.2. The van der Waals surface area contributed by atoms with E-state index in [1.165, 1.54) is 0 Å². The molecule has 0 unspecified atom stereocenters. The summed E-state index contributed by atoms with van der Waals surface area (Å²) in [5, 5.41) is 14.8. The monoisotopic (exact) mass is 343 g/mol. The van der Waals surface area contributed by atoms with Crippen LogP contribution in [0.1, 0.15) is 27.3 Å². The van der Waals surface area contributed by atoms with Crippen molar-refractivity contribution in [1.29, 1.82) is 5.26 Å². The largest absolute Gasteiger partial charge is 0.324 e. The molecule has 0 radical (unpaired) electrons. The van der Waals surface area contributed by atoms with Gasteiger partial charge in [-0.15, -0.1) is 0 Å². The summed E-state index contributed by atoms with van der Waals surface area (Å²) >= 11 is 0. The van der Waals surface area contributed by atoms with Gasteiger partial charge in [-0.25, -0.2) is 9.97 Å². The molecule has 2 N–H and O–H groups in total. The summed E-state index contributed by atoms with van der Waals surface area (Å²) in [6.07, 6.45) is 0. The molecule has 0 aliphatic carbocycles. The maximum Gasteiger partial charge on any atom is 0.274 e. The predicted molar refractivity (Wildman–Crippen MR) is 100 cm³/mol. The Morgan fingerprint density at radius 1 is 1.04 bits per heavy atom. The highest BCUT2D eigenvalue weighted by Crippen LogP contribution is 2.17. The lowest BCUT2D eigenvalue weighted by atomic mass is 10.2. The van der Waals surface area contributed by atoms with Gasteiger partial charge in [-0.05, 0) is 55.8 Å². The van der Waals surface area contributed by atoms with Crippen molar-refractivity contribution in [3.05, 3.63) is 77.1 Å². The number of aryl methyl sites for hydroxylation is 2. The number of amides is 1. The zero-order valence-electron chi connectivity index (χ0n) is 14.4. The first-order valence-corrected chi connectivity index (χ1v) is 8.05. The lowest BCUT2D eigenvalue weighted by Crippen LogP contribution is -2.16. The summed E-state index contributed by atoms with van der Waals surface area (Å²) in [6.45, 7) is 3.73. The zero-order valence-corrected chi connectivity index (χ0v) is 14.4. The van der Waals surface area contributed by atoms with Crippen molar-refractivity contribution in [3.8, 4) is 6.07 Å². The Hall–Kier alpha value is -3.72. The van der Waals surface area contributed by atoms with Crippen molar-refractivity contribution in [2.45, 2.75) is 13.8 Å². The van der Waals surface area contributed by atoms with E-state index in [9.17, 15) is 4.79 Å². The first-order chi connectivity index (χ1) is 12.5. The van der Waals surface area contributed by atoms with Crippen LogP contribution in [-0.4, -0.2) is 15.9 Å². The van der Waals surface area contributed by atoms with E-state index in [1.807, 2.05) is 31.2 Å². The number of hydrogen-bond donors (Lipinski definition) is 2. The molecule has 6 heteroatoms. The van der Waals surface area contributed by atoms with E-state index < -0.39 is 0 Å². The van der Waals surface area contributed by atoms with Gasteiger partial charge in [-0.1, -0.05) is 18.2 Å². The van der Waals surface area contributed by atoms with Gasteiger partial charge < -0.3 is 10.6 Å².